The average molecular weight is 239 g/mol. The van der Waals surface area contributed by atoms with Crippen molar-refractivity contribution in [2.75, 3.05) is 13.2 Å². The molecule has 0 aromatic rings. The molecular weight excluding hydrogens is 214 g/mol. The van der Waals surface area contributed by atoms with Crippen LogP contribution in [0, 0.1) is 11.8 Å². The van der Waals surface area contributed by atoms with Gasteiger partial charge >= 0.3 is 0 Å². The van der Waals surface area contributed by atoms with Gasteiger partial charge in [0.25, 0.3) is 0 Å². The van der Waals surface area contributed by atoms with Crippen molar-refractivity contribution < 1.29 is 9.53 Å². The molecule has 3 nitrogen and oxygen atoms in total. The number of carbonyl (C=O) groups is 1. The summed E-state index contributed by atoms with van der Waals surface area (Å²) in [4.78, 5) is 12.2. The second kappa shape index (κ2) is 5.49. The third-order valence-electron chi connectivity index (χ3n) is 4.50. The number of ketones is 1. The SMILES string of the molecule is CC(CN)C(=O)C1CCOC2(CCCCC2)C1. The van der Waals surface area contributed by atoms with Crippen LogP contribution in [0.2, 0.25) is 0 Å². The second-order valence-corrected chi connectivity index (χ2v) is 5.82. The molecule has 0 aromatic carbocycles. The highest BCUT2D eigenvalue weighted by Gasteiger charge is 2.41. The predicted octanol–water partition coefficient (Wildman–Crippen LogP) is 2.28. The van der Waals surface area contributed by atoms with Gasteiger partial charge in [0.2, 0.25) is 0 Å². The standard InChI is InChI=1S/C14H25NO2/c1-11(10-15)13(16)12-5-8-17-14(9-12)6-3-2-4-7-14/h11-12H,2-10,15H2,1H3. The van der Waals surface area contributed by atoms with Crippen LogP contribution in [0.3, 0.4) is 0 Å². The van der Waals surface area contributed by atoms with Gasteiger partial charge in [0, 0.05) is 25.0 Å². The Morgan fingerprint density at radius 2 is 2.12 bits per heavy atom. The first-order chi connectivity index (χ1) is 8.17. The lowest BCUT2D eigenvalue weighted by atomic mass is 9.73. The Morgan fingerprint density at radius 1 is 1.41 bits per heavy atom. The van der Waals surface area contributed by atoms with E-state index in [-0.39, 0.29) is 17.4 Å². The smallest absolute Gasteiger partial charge is 0.140 e. The summed E-state index contributed by atoms with van der Waals surface area (Å²) in [5.74, 6) is 0.569. The molecule has 17 heavy (non-hydrogen) atoms. The van der Waals surface area contributed by atoms with Crippen LogP contribution in [0.1, 0.15) is 51.9 Å². The minimum atomic E-state index is 0.0127. The Morgan fingerprint density at radius 3 is 2.76 bits per heavy atom. The molecule has 2 aliphatic rings. The van der Waals surface area contributed by atoms with Crippen molar-refractivity contribution in [2.45, 2.75) is 57.5 Å². The van der Waals surface area contributed by atoms with E-state index in [2.05, 4.69) is 0 Å². The molecule has 2 fully saturated rings. The summed E-state index contributed by atoms with van der Waals surface area (Å²) in [7, 11) is 0. The van der Waals surface area contributed by atoms with E-state index in [1.807, 2.05) is 6.92 Å². The zero-order valence-electron chi connectivity index (χ0n) is 10.9. The van der Waals surface area contributed by atoms with Crippen LogP contribution in [0.15, 0.2) is 0 Å². The van der Waals surface area contributed by atoms with Crippen LogP contribution < -0.4 is 5.73 Å². The van der Waals surface area contributed by atoms with Crippen molar-refractivity contribution >= 4 is 5.78 Å². The lowest BCUT2D eigenvalue weighted by Crippen LogP contribution is -2.44. The van der Waals surface area contributed by atoms with E-state index in [1.165, 1.54) is 19.3 Å². The number of Topliss-reactive ketones (excluding diaryl/α,β-unsaturated/α-hetero) is 1. The normalized spacial score (nSPS) is 30.1. The highest BCUT2D eigenvalue weighted by atomic mass is 16.5. The summed E-state index contributed by atoms with van der Waals surface area (Å²) in [6.07, 6.45) is 7.96. The van der Waals surface area contributed by atoms with Gasteiger partial charge in [-0.25, -0.2) is 0 Å². The van der Waals surface area contributed by atoms with Crippen molar-refractivity contribution in [1.82, 2.24) is 0 Å². The minimum Gasteiger partial charge on any atom is -0.375 e. The molecule has 0 radical (unpaired) electrons. The topological polar surface area (TPSA) is 52.3 Å². The number of carbonyl (C=O) groups excluding carboxylic acids is 1. The predicted molar refractivity (Wildman–Crippen MR) is 67.7 cm³/mol. The van der Waals surface area contributed by atoms with E-state index in [0.29, 0.717) is 12.3 Å². The van der Waals surface area contributed by atoms with E-state index in [0.717, 1.165) is 32.3 Å². The number of nitrogens with two attached hydrogens (primary N) is 1. The van der Waals surface area contributed by atoms with Crippen LogP contribution in [0.4, 0.5) is 0 Å². The van der Waals surface area contributed by atoms with Gasteiger partial charge in [-0.2, -0.15) is 0 Å². The summed E-state index contributed by atoms with van der Waals surface area (Å²) in [6.45, 7) is 3.18. The van der Waals surface area contributed by atoms with Gasteiger partial charge in [0.15, 0.2) is 0 Å². The van der Waals surface area contributed by atoms with Crippen LogP contribution in [-0.4, -0.2) is 24.5 Å². The number of hydrogen-bond acceptors (Lipinski definition) is 3. The fraction of sp³-hybridized carbons (Fsp3) is 0.929. The zero-order chi connectivity index (χ0) is 12.3. The molecule has 0 amide bonds. The summed E-state index contributed by atoms with van der Waals surface area (Å²) in [5, 5.41) is 0. The first kappa shape index (κ1) is 13.0. The Balaban J connectivity index is 1.98. The summed E-state index contributed by atoms with van der Waals surface area (Å²) >= 11 is 0. The first-order valence-electron chi connectivity index (χ1n) is 7.05. The molecule has 98 valence electrons. The molecule has 2 N–H and O–H groups in total. The summed E-state index contributed by atoms with van der Waals surface area (Å²) in [5.41, 5.74) is 5.63. The molecule has 1 spiro atoms. The Bertz CT molecular complexity index is 266. The van der Waals surface area contributed by atoms with Gasteiger partial charge in [0.05, 0.1) is 5.60 Å². The van der Waals surface area contributed by atoms with E-state index in [4.69, 9.17) is 10.5 Å². The van der Waals surface area contributed by atoms with Crippen LogP contribution in [-0.2, 0) is 9.53 Å². The maximum Gasteiger partial charge on any atom is 0.140 e. The first-order valence-corrected chi connectivity index (χ1v) is 7.05. The third-order valence-corrected chi connectivity index (χ3v) is 4.50. The maximum absolute atomic E-state index is 12.2. The molecular formula is C14H25NO2. The molecule has 2 rings (SSSR count). The number of ether oxygens (including phenoxy) is 1. The van der Waals surface area contributed by atoms with Crippen LogP contribution in [0.25, 0.3) is 0 Å². The average Bonchev–Trinajstić information content (AvgIpc) is 2.38. The maximum atomic E-state index is 12.2. The molecule has 1 heterocycles. The number of rotatable bonds is 3. The van der Waals surface area contributed by atoms with Gasteiger partial charge in [-0.3, -0.25) is 4.79 Å². The quantitative estimate of drug-likeness (QED) is 0.822. The van der Waals surface area contributed by atoms with Crippen molar-refractivity contribution in [2.24, 2.45) is 17.6 Å². The Hall–Kier alpha value is -0.410. The molecule has 2 atom stereocenters. The fourth-order valence-electron chi connectivity index (χ4n) is 3.33. The van der Waals surface area contributed by atoms with Crippen LogP contribution in [0.5, 0.6) is 0 Å². The monoisotopic (exact) mass is 239 g/mol. The zero-order valence-corrected chi connectivity index (χ0v) is 10.9. The van der Waals surface area contributed by atoms with Crippen molar-refractivity contribution in [3.63, 3.8) is 0 Å². The molecule has 2 unspecified atom stereocenters. The fourth-order valence-corrected chi connectivity index (χ4v) is 3.33. The molecule has 1 aliphatic heterocycles. The lowest BCUT2D eigenvalue weighted by Gasteiger charge is -2.43. The molecule has 1 saturated carbocycles. The lowest BCUT2D eigenvalue weighted by molar-refractivity contribution is -0.145. The Labute approximate surface area is 104 Å². The van der Waals surface area contributed by atoms with Gasteiger partial charge in [-0.15, -0.1) is 0 Å². The van der Waals surface area contributed by atoms with Gasteiger partial charge in [-0.05, 0) is 25.7 Å². The van der Waals surface area contributed by atoms with E-state index < -0.39 is 0 Å². The number of hydrogen-bond donors (Lipinski definition) is 1. The van der Waals surface area contributed by atoms with Crippen molar-refractivity contribution in [1.29, 1.82) is 0 Å². The largest absolute Gasteiger partial charge is 0.375 e. The molecule has 1 saturated heterocycles. The molecule has 0 bridgehead atoms. The van der Waals surface area contributed by atoms with Gasteiger partial charge in [-0.1, -0.05) is 26.2 Å². The van der Waals surface area contributed by atoms with Gasteiger partial charge < -0.3 is 10.5 Å². The van der Waals surface area contributed by atoms with E-state index in [9.17, 15) is 4.79 Å². The van der Waals surface area contributed by atoms with Crippen LogP contribution >= 0.6 is 0 Å². The van der Waals surface area contributed by atoms with Crippen molar-refractivity contribution in [3.8, 4) is 0 Å². The summed E-state index contributed by atoms with van der Waals surface area (Å²) in [6, 6.07) is 0. The second-order valence-electron chi connectivity index (χ2n) is 5.82. The third kappa shape index (κ3) is 2.89. The molecule has 1 aliphatic carbocycles. The molecule has 0 aromatic heterocycles. The summed E-state index contributed by atoms with van der Waals surface area (Å²) < 4.78 is 6.02. The highest BCUT2D eigenvalue weighted by molar-refractivity contribution is 5.83. The van der Waals surface area contributed by atoms with E-state index >= 15 is 0 Å². The highest BCUT2D eigenvalue weighted by Crippen LogP contribution is 2.41. The van der Waals surface area contributed by atoms with Gasteiger partial charge in [0.1, 0.15) is 5.78 Å². The van der Waals surface area contributed by atoms with Crippen molar-refractivity contribution in [3.05, 3.63) is 0 Å². The Kier molecular flexibility index (Phi) is 4.21. The molecule has 3 heteroatoms. The van der Waals surface area contributed by atoms with E-state index in [1.54, 1.807) is 0 Å². The minimum absolute atomic E-state index is 0.0127.